The highest BCUT2D eigenvalue weighted by Gasteiger charge is 2.30. The lowest BCUT2D eigenvalue weighted by Gasteiger charge is -2.38. The van der Waals surface area contributed by atoms with E-state index >= 15 is 0 Å². The van der Waals surface area contributed by atoms with Crippen LogP contribution in [-0.2, 0) is 9.84 Å². The normalized spacial score (nSPS) is 21.7. The number of benzene rings is 1. The van der Waals surface area contributed by atoms with Gasteiger partial charge in [0, 0.05) is 31.0 Å². The number of piperidine rings is 1. The van der Waals surface area contributed by atoms with Crippen LogP contribution in [0.5, 0.6) is 0 Å². The van der Waals surface area contributed by atoms with E-state index < -0.39 is 9.84 Å². The lowest BCUT2D eigenvalue weighted by atomic mass is 9.92. The molecule has 2 atom stereocenters. The Labute approximate surface area is 144 Å². The number of carbonyl (C=O) groups is 1. The second-order valence-electron chi connectivity index (χ2n) is 6.27. The van der Waals surface area contributed by atoms with Crippen LogP contribution in [0.3, 0.4) is 0 Å². The number of sulfone groups is 1. The molecule has 0 bridgehead atoms. The molecule has 1 saturated heterocycles. The van der Waals surface area contributed by atoms with E-state index in [2.05, 4.69) is 6.92 Å². The van der Waals surface area contributed by atoms with Gasteiger partial charge < -0.3 is 10.6 Å². The second kappa shape index (κ2) is 7.64. The average Bonchev–Trinajstić information content (AvgIpc) is 2.45. The Bertz CT molecular complexity index is 676. The number of amides is 1. The number of nitrogens with zero attached hydrogens (tertiary/aromatic N) is 1. The predicted molar refractivity (Wildman–Crippen MR) is 93.8 cm³/mol. The number of rotatable bonds is 3. The van der Waals surface area contributed by atoms with Gasteiger partial charge in [-0.1, -0.05) is 13.0 Å². The third-order valence-electron chi connectivity index (χ3n) is 4.35. The van der Waals surface area contributed by atoms with Crippen molar-refractivity contribution in [1.29, 1.82) is 0 Å². The zero-order chi connectivity index (χ0) is 16.5. The molecule has 130 valence electrons. The first kappa shape index (κ1) is 19.9. The number of aryl methyl sites for hydroxylation is 1. The molecule has 7 heteroatoms. The van der Waals surface area contributed by atoms with Gasteiger partial charge in [-0.05, 0) is 43.4 Å². The highest BCUT2D eigenvalue weighted by molar-refractivity contribution is 7.90. The molecule has 23 heavy (non-hydrogen) atoms. The van der Waals surface area contributed by atoms with E-state index in [9.17, 15) is 13.2 Å². The van der Waals surface area contributed by atoms with Crippen LogP contribution >= 0.6 is 12.4 Å². The van der Waals surface area contributed by atoms with Crippen LogP contribution in [-0.4, -0.2) is 44.6 Å². The Hall–Kier alpha value is -1.11. The molecule has 0 saturated carbocycles. The molecule has 0 aromatic heterocycles. The Morgan fingerprint density at radius 2 is 2.04 bits per heavy atom. The van der Waals surface area contributed by atoms with E-state index in [4.69, 9.17) is 5.73 Å². The average molecular weight is 361 g/mol. The molecular formula is C16H25ClN2O3S. The van der Waals surface area contributed by atoms with Crippen molar-refractivity contribution in [2.45, 2.75) is 37.6 Å². The van der Waals surface area contributed by atoms with E-state index in [0.29, 0.717) is 30.1 Å². The van der Waals surface area contributed by atoms with Gasteiger partial charge in [-0.25, -0.2) is 8.42 Å². The van der Waals surface area contributed by atoms with Crippen molar-refractivity contribution in [3.8, 4) is 0 Å². The quantitative estimate of drug-likeness (QED) is 0.894. The number of likely N-dealkylation sites (tertiary alicyclic amines) is 1. The topological polar surface area (TPSA) is 80.5 Å². The fourth-order valence-corrected chi connectivity index (χ4v) is 4.03. The molecule has 0 aliphatic carbocycles. The van der Waals surface area contributed by atoms with Crippen LogP contribution in [0, 0.1) is 12.8 Å². The lowest BCUT2D eigenvalue weighted by molar-refractivity contribution is 0.0573. The van der Waals surface area contributed by atoms with Gasteiger partial charge in [0.25, 0.3) is 5.91 Å². The van der Waals surface area contributed by atoms with Crippen molar-refractivity contribution in [2.24, 2.45) is 11.7 Å². The summed E-state index contributed by atoms with van der Waals surface area (Å²) >= 11 is 0. The van der Waals surface area contributed by atoms with E-state index in [1.165, 1.54) is 6.07 Å². The molecule has 1 aliphatic rings. The van der Waals surface area contributed by atoms with Gasteiger partial charge in [0.1, 0.15) is 0 Å². The first-order valence-electron chi connectivity index (χ1n) is 7.55. The summed E-state index contributed by atoms with van der Waals surface area (Å²) in [6.45, 7) is 5.00. The molecule has 1 fully saturated rings. The minimum absolute atomic E-state index is 0. The molecule has 5 nitrogen and oxygen atoms in total. The first-order chi connectivity index (χ1) is 10.2. The third-order valence-corrected chi connectivity index (χ3v) is 5.58. The molecule has 0 spiro atoms. The summed E-state index contributed by atoms with van der Waals surface area (Å²) in [5, 5.41) is 0. The predicted octanol–water partition coefficient (Wildman–Crippen LogP) is 2.02. The van der Waals surface area contributed by atoms with Crippen LogP contribution in [0.1, 0.15) is 35.7 Å². The molecule has 1 amide bonds. The Kier molecular flexibility index (Phi) is 6.62. The summed E-state index contributed by atoms with van der Waals surface area (Å²) in [7, 11) is -3.34. The third kappa shape index (κ3) is 4.46. The highest BCUT2D eigenvalue weighted by atomic mass is 35.5. The van der Waals surface area contributed by atoms with E-state index in [0.717, 1.165) is 19.1 Å². The van der Waals surface area contributed by atoms with E-state index in [-0.39, 0.29) is 29.3 Å². The first-order valence-corrected chi connectivity index (χ1v) is 9.45. The standard InChI is InChI=1S/C16H24N2O3S.ClH/c1-11-6-7-18(14(8-11)10-17)16(19)13-5-4-12(2)15(9-13)22(3,20)21;/h4-5,9,11,14H,6-8,10,17H2,1-3H3;1H. The van der Waals surface area contributed by atoms with Crippen LogP contribution in [0.25, 0.3) is 0 Å². The van der Waals surface area contributed by atoms with Crippen molar-refractivity contribution in [3.05, 3.63) is 29.3 Å². The summed E-state index contributed by atoms with van der Waals surface area (Å²) in [5.74, 6) is 0.425. The van der Waals surface area contributed by atoms with Gasteiger partial charge in [-0.2, -0.15) is 0 Å². The number of hydrogen-bond donors (Lipinski definition) is 1. The Morgan fingerprint density at radius 1 is 1.39 bits per heavy atom. The smallest absolute Gasteiger partial charge is 0.254 e. The fourth-order valence-electron chi connectivity index (χ4n) is 3.04. The van der Waals surface area contributed by atoms with Crippen molar-refractivity contribution in [1.82, 2.24) is 4.90 Å². The summed E-state index contributed by atoms with van der Waals surface area (Å²) in [4.78, 5) is 14.7. The summed E-state index contributed by atoms with van der Waals surface area (Å²) < 4.78 is 23.6. The van der Waals surface area contributed by atoms with Crippen molar-refractivity contribution >= 4 is 28.2 Å². The number of nitrogens with two attached hydrogens (primary N) is 1. The number of hydrogen-bond acceptors (Lipinski definition) is 4. The maximum absolute atomic E-state index is 12.7. The van der Waals surface area contributed by atoms with Gasteiger partial charge in [0.05, 0.1) is 4.90 Å². The maximum Gasteiger partial charge on any atom is 0.254 e. The molecule has 1 aromatic rings. The van der Waals surface area contributed by atoms with Crippen molar-refractivity contribution < 1.29 is 13.2 Å². The summed E-state index contributed by atoms with van der Waals surface area (Å²) in [6.07, 6.45) is 3.01. The fraction of sp³-hybridized carbons (Fsp3) is 0.562. The molecule has 0 radical (unpaired) electrons. The number of carbonyl (C=O) groups excluding carboxylic acids is 1. The number of halogens is 1. The molecule has 1 aliphatic heterocycles. The van der Waals surface area contributed by atoms with Crippen LogP contribution in [0.15, 0.2) is 23.1 Å². The van der Waals surface area contributed by atoms with Crippen LogP contribution < -0.4 is 5.73 Å². The van der Waals surface area contributed by atoms with Crippen molar-refractivity contribution in [3.63, 3.8) is 0 Å². The Morgan fingerprint density at radius 3 is 2.61 bits per heavy atom. The van der Waals surface area contributed by atoms with Crippen LogP contribution in [0.2, 0.25) is 0 Å². The molecule has 2 rings (SSSR count). The molecular weight excluding hydrogens is 336 g/mol. The molecule has 2 unspecified atom stereocenters. The highest BCUT2D eigenvalue weighted by Crippen LogP contribution is 2.25. The monoisotopic (exact) mass is 360 g/mol. The molecule has 1 heterocycles. The zero-order valence-electron chi connectivity index (χ0n) is 13.8. The molecule has 1 aromatic carbocycles. The minimum atomic E-state index is -3.34. The van der Waals surface area contributed by atoms with Gasteiger partial charge in [0.15, 0.2) is 9.84 Å². The van der Waals surface area contributed by atoms with Gasteiger partial charge in [-0.15, -0.1) is 12.4 Å². The van der Waals surface area contributed by atoms with Crippen molar-refractivity contribution in [2.75, 3.05) is 19.3 Å². The second-order valence-corrected chi connectivity index (χ2v) is 8.25. The summed E-state index contributed by atoms with van der Waals surface area (Å²) in [5.41, 5.74) is 6.88. The van der Waals surface area contributed by atoms with Gasteiger partial charge in [0.2, 0.25) is 0 Å². The van der Waals surface area contributed by atoms with E-state index in [1.54, 1.807) is 24.0 Å². The maximum atomic E-state index is 12.7. The Balaban J connectivity index is 0.00000264. The lowest BCUT2D eigenvalue weighted by Crippen LogP contribution is -2.49. The van der Waals surface area contributed by atoms with E-state index in [1.807, 2.05) is 0 Å². The largest absolute Gasteiger partial charge is 0.334 e. The zero-order valence-corrected chi connectivity index (χ0v) is 15.4. The molecule has 2 N–H and O–H groups in total. The van der Waals surface area contributed by atoms with Gasteiger partial charge in [-0.3, -0.25) is 4.79 Å². The minimum Gasteiger partial charge on any atom is -0.334 e. The summed E-state index contributed by atoms with van der Waals surface area (Å²) in [6, 6.07) is 4.89. The van der Waals surface area contributed by atoms with Crippen LogP contribution in [0.4, 0.5) is 0 Å². The SMILES string of the molecule is Cc1ccc(C(=O)N2CCC(C)CC2CN)cc1S(C)(=O)=O.Cl. The van der Waals surface area contributed by atoms with Gasteiger partial charge >= 0.3 is 0 Å².